The molecule has 2 aliphatic carbocycles. The number of rotatable bonds is 16. The first kappa shape index (κ1) is 83.2. The van der Waals surface area contributed by atoms with Gasteiger partial charge in [-0.3, -0.25) is 0 Å². The molecule has 4 heteroatoms. The predicted molar refractivity (Wildman–Crippen MR) is 576 cm³/mol. The molecule has 24 rings (SSSR count). The molecular formula is C133H90N4. The first-order valence-corrected chi connectivity index (χ1v) is 46.6. The third kappa shape index (κ3) is 14.6. The van der Waals surface area contributed by atoms with Gasteiger partial charge in [-0.05, 0) is 311 Å². The molecule has 2 heterocycles. The van der Waals surface area contributed by atoms with Crippen LogP contribution in [0.1, 0.15) is 70.8 Å². The Kier molecular flexibility index (Phi) is 21.0. The third-order valence-electron chi connectivity index (χ3n) is 28.2. The number of hydrogen-bond acceptors (Lipinski definition) is 2. The van der Waals surface area contributed by atoms with Gasteiger partial charge in [-0.2, -0.15) is 0 Å². The number of anilines is 6. The van der Waals surface area contributed by atoms with Gasteiger partial charge in [0.1, 0.15) is 0 Å². The van der Waals surface area contributed by atoms with E-state index in [-0.39, 0.29) is 5.41 Å². The van der Waals surface area contributed by atoms with Crippen molar-refractivity contribution in [2.24, 2.45) is 0 Å². The highest BCUT2D eigenvalue weighted by Crippen LogP contribution is 2.56. The maximum atomic E-state index is 6.10. The quantitative estimate of drug-likeness (QED) is 0.0897. The van der Waals surface area contributed by atoms with Gasteiger partial charge in [-0.25, -0.2) is 0 Å². The summed E-state index contributed by atoms with van der Waals surface area (Å²) in [5.74, 6) is 11.2. The van der Waals surface area contributed by atoms with Crippen LogP contribution in [-0.2, 0) is 10.8 Å². The van der Waals surface area contributed by atoms with Crippen molar-refractivity contribution in [3.63, 3.8) is 0 Å². The Balaban J connectivity index is 0.000000154. The summed E-state index contributed by atoms with van der Waals surface area (Å²) >= 11 is 0. The lowest BCUT2D eigenvalue weighted by molar-refractivity contribution is 0.660. The van der Waals surface area contributed by atoms with E-state index in [2.05, 4.69) is 506 Å². The highest BCUT2D eigenvalue weighted by molar-refractivity contribution is 6.12. The van der Waals surface area contributed by atoms with E-state index in [0.717, 1.165) is 118 Å². The van der Waals surface area contributed by atoms with Crippen LogP contribution < -0.4 is 9.80 Å². The lowest BCUT2D eigenvalue weighted by Crippen LogP contribution is -2.23. The molecule has 4 nitrogen and oxygen atoms in total. The fourth-order valence-electron chi connectivity index (χ4n) is 21.3. The summed E-state index contributed by atoms with van der Waals surface area (Å²) in [5.41, 5.74) is 42.9. The van der Waals surface area contributed by atoms with E-state index in [1.165, 1.54) is 116 Å². The van der Waals surface area contributed by atoms with Crippen LogP contribution in [0.25, 0.3) is 155 Å². The number of hydrogen-bond donors (Lipinski definition) is 0. The number of fused-ring (bicyclic) bond motifs is 12. The third-order valence-corrected chi connectivity index (χ3v) is 28.2. The molecular weight excluding hydrogens is 1650 g/mol. The average Bonchev–Trinajstić information content (AvgIpc) is 1.56. The van der Waals surface area contributed by atoms with Crippen LogP contribution in [0.4, 0.5) is 34.1 Å². The molecule has 137 heavy (non-hydrogen) atoms. The summed E-state index contributed by atoms with van der Waals surface area (Å²) < 4.78 is 4.73. The largest absolute Gasteiger partial charge is 0.310 e. The molecule has 0 amide bonds. The summed E-state index contributed by atoms with van der Waals surface area (Å²) in [5, 5.41) is 4.95. The van der Waals surface area contributed by atoms with Gasteiger partial charge in [0.25, 0.3) is 0 Å². The number of para-hydroxylation sites is 4. The van der Waals surface area contributed by atoms with Gasteiger partial charge < -0.3 is 18.9 Å². The van der Waals surface area contributed by atoms with Crippen LogP contribution in [0.15, 0.2) is 467 Å². The van der Waals surface area contributed by atoms with Crippen molar-refractivity contribution >= 4 is 77.7 Å². The monoisotopic (exact) mass is 1740 g/mol. The Morgan fingerprint density at radius 1 is 0.204 bits per heavy atom. The van der Waals surface area contributed by atoms with E-state index in [1.807, 2.05) is 24.3 Å². The van der Waals surface area contributed by atoms with E-state index in [1.54, 1.807) is 0 Å². The van der Waals surface area contributed by atoms with Crippen molar-refractivity contribution < 1.29 is 0 Å². The van der Waals surface area contributed by atoms with Gasteiger partial charge in [0.15, 0.2) is 0 Å². The average molecular weight is 1740 g/mol. The minimum atomic E-state index is -0.479. The standard InChI is InChI=1S/C67H46N2.C66H44N2/c1-5-45-25-26-50(39-46(45)6-2)54-41-52(47-17-9-7-10-18-47)40-53(42-54)49-29-34-57(35-30-49)68(58-36-37-60-59-21-13-15-23-63(59)67(3,4)64(60)44-58)56-32-27-48(28-33-56)51-31-38-66-62(43-51)61-22-14-16-24-65(61)69(66)55-19-11-8-12-20-55;1-4-45-20-17-27-57(56(45)5-2)50-21-16-22-51(42-50)66(3)62-28-14-12-25-58(62)59-40-39-55(44-63(59)66)67(53-35-30-47(31-36-53)46-18-8-6-9-19-46)54-37-32-48(33-38-54)49-34-41-65-61(43-49)60-26-13-15-29-64(60)68(65)52-23-10-7-11-24-52/h1-2,7-44H,3-4H3;1-2,6-44H,3H3. The molecule has 0 N–H and O–H groups in total. The molecule has 0 saturated carbocycles. The molecule has 0 bridgehead atoms. The summed E-state index contributed by atoms with van der Waals surface area (Å²) in [6.07, 6.45) is 23.8. The molecule has 20 aromatic carbocycles. The SMILES string of the molecule is C#Cc1ccc(-c2cc(-c3ccccc3)cc(-c3ccc(N(c4ccc(-c5ccc6c(c5)c5ccccc5n6-c5ccccc5)cc4)c4ccc5c(c4)C(C)(C)c4ccccc4-5)cc3)c2)cc1C#C.C#Cc1cccc(-c2cccc(C3(C)c4ccccc4-c4ccc(N(c5ccc(-c6ccccc6)cc5)c5ccc(-c6ccc7c(c6)c6ccccc6n7-c6ccccc6)cc5)cc43)c2)c1C#C. The highest BCUT2D eigenvalue weighted by Gasteiger charge is 2.42. The summed E-state index contributed by atoms with van der Waals surface area (Å²) in [7, 11) is 0. The van der Waals surface area contributed by atoms with Crippen molar-refractivity contribution in [3.05, 3.63) is 517 Å². The zero-order chi connectivity index (χ0) is 92.4. The molecule has 0 saturated heterocycles. The molecule has 642 valence electrons. The fraction of sp³-hybridized carbons (Fsp3) is 0.0376. The lowest BCUT2D eigenvalue weighted by Gasteiger charge is -2.31. The zero-order valence-electron chi connectivity index (χ0n) is 76.1. The van der Waals surface area contributed by atoms with Crippen molar-refractivity contribution in [3.8, 4) is 161 Å². The number of terminal acetylenes is 4. The summed E-state index contributed by atoms with van der Waals surface area (Å²) in [6.45, 7) is 7.05. The Morgan fingerprint density at radius 2 is 0.555 bits per heavy atom. The van der Waals surface area contributed by atoms with Gasteiger partial charge in [0.05, 0.1) is 22.1 Å². The molecule has 22 aromatic rings. The molecule has 2 aliphatic rings. The van der Waals surface area contributed by atoms with Gasteiger partial charge in [-0.15, -0.1) is 25.7 Å². The second kappa shape index (κ2) is 34.5. The van der Waals surface area contributed by atoms with E-state index >= 15 is 0 Å². The van der Waals surface area contributed by atoms with Crippen molar-refractivity contribution in [2.75, 3.05) is 9.80 Å². The lowest BCUT2D eigenvalue weighted by atomic mass is 9.73. The number of nitrogens with zero attached hydrogens (tertiary/aromatic N) is 4. The predicted octanol–water partition coefficient (Wildman–Crippen LogP) is 33.7. The minimum absolute atomic E-state index is 0.146. The first-order chi connectivity index (χ1) is 67.4. The number of aromatic nitrogens is 2. The van der Waals surface area contributed by atoms with E-state index in [4.69, 9.17) is 25.7 Å². The Morgan fingerprint density at radius 3 is 1.06 bits per heavy atom. The molecule has 2 aromatic heterocycles. The maximum absolute atomic E-state index is 6.10. The molecule has 0 radical (unpaired) electrons. The highest BCUT2D eigenvalue weighted by atomic mass is 15.1. The van der Waals surface area contributed by atoms with Gasteiger partial charge >= 0.3 is 0 Å². The fourth-order valence-corrected chi connectivity index (χ4v) is 21.3. The van der Waals surface area contributed by atoms with E-state index < -0.39 is 5.41 Å². The van der Waals surface area contributed by atoms with Gasteiger partial charge in [-0.1, -0.05) is 329 Å². The van der Waals surface area contributed by atoms with E-state index in [0.29, 0.717) is 5.56 Å². The topological polar surface area (TPSA) is 16.3 Å². The van der Waals surface area contributed by atoms with Crippen molar-refractivity contribution in [2.45, 2.75) is 31.6 Å². The summed E-state index contributed by atoms with van der Waals surface area (Å²) in [6, 6.07) is 169. The molecule has 0 fully saturated rings. The smallest absolute Gasteiger partial charge is 0.0541 e. The molecule has 0 aliphatic heterocycles. The van der Waals surface area contributed by atoms with Crippen LogP contribution in [-0.4, -0.2) is 9.13 Å². The maximum Gasteiger partial charge on any atom is 0.0541 e. The van der Waals surface area contributed by atoms with Gasteiger partial charge in [0.2, 0.25) is 0 Å². The molecule has 1 unspecified atom stereocenters. The number of benzene rings is 20. The van der Waals surface area contributed by atoms with Crippen LogP contribution in [0.2, 0.25) is 0 Å². The van der Waals surface area contributed by atoms with E-state index in [9.17, 15) is 0 Å². The molecule has 0 spiro atoms. The van der Waals surface area contributed by atoms with Gasteiger partial charge in [0, 0.05) is 100 Å². The second-order valence-corrected chi connectivity index (χ2v) is 36.2. The van der Waals surface area contributed by atoms with Crippen LogP contribution in [0.3, 0.4) is 0 Å². The molecule has 1 atom stereocenters. The van der Waals surface area contributed by atoms with Crippen LogP contribution in [0, 0.1) is 49.4 Å². The van der Waals surface area contributed by atoms with Crippen molar-refractivity contribution in [1.29, 1.82) is 0 Å². The van der Waals surface area contributed by atoms with Crippen LogP contribution in [0.5, 0.6) is 0 Å². The second-order valence-electron chi connectivity index (χ2n) is 36.2. The first-order valence-electron chi connectivity index (χ1n) is 46.6. The zero-order valence-corrected chi connectivity index (χ0v) is 76.1. The minimum Gasteiger partial charge on any atom is -0.310 e. The summed E-state index contributed by atoms with van der Waals surface area (Å²) in [4.78, 5) is 4.78. The van der Waals surface area contributed by atoms with Crippen molar-refractivity contribution in [1.82, 2.24) is 9.13 Å². The Bertz CT molecular complexity index is 8690. The normalized spacial score (nSPS) is 13.0. The Hall–Kier alpha value is -18.2. The Labute approximate surface area is 800 Å². The van der Waals surface area contributed by atoms with Crippen LogP contribution >= 0.6 is 0 Å².